The van der Waals surface area contributed by atoms with E-state index in [-0.39, 0.29) is 17.6 Å². The number of fused-ring (bicyclic) bond motifs is 1. The van der Waals surface area contributed by atoms with E-state index in [9.17, 15) is 14.9 Å². The minimum absolute atomic E-state index is 0.00264. The Balaban J connectivity index is 2.00. The maximum atomic E-state index is 11.8. The minimum Gasteiger partial charge on any atom is -0.352 e. The van der Waals surface area contributed by atoms with Crippen LogP contribution in [0.1, 0.15) is 24.6 Å². The molecule has 0 unspecified atom stereocenters. The fourth-order valence-electron chi connectivity index (χ4n) is 2.63. The molecule has 2 heterocycles. The van der Waals surface area contributed by atoms with E-state index in [4.69, 9.17) is 4.74 Å². The van der Waals surface area contributed by atoms with Crippen molar-refractivity contribution in [3.63, 3.8) is 0 Å². The van der Waals surface area contributed by atoms with Gasteiger partial charge in [-0.1, -0.05) is 12.1 Å². The SMILES string of the molecule is O=C1CC[C@H]2CO[C@H](c3ccccc3[N+](=O)[O-])N12. The highest BCUT2D eigenvalue weighted by Crippen LogP contribution is 2.40. The lowest BCUT2D eigenvalue weighted by atomic mass is 10.1. The van der Waals surface area contributed by atoms with Gasteiger partial charge in [0.2, 0.25) is 5.91 Å². The smallest absolute Gasteiger partial charge is 0.277 e. The molecule has 2 saturated heterocycles. The van der Waals surface area contributed by atoms with Gasteiger partial charge in [0.05, 0.1) is 23.1 Å². The first kappa shape index (κ1) is 11.2. The predicted molar refractivity (Wildman–Crippen MR) is 61.7 cm³/mol. The third kappa shape index (κ3) is 1.57. The van der Waals surface area contributed by atoms with E-state index in [0.717, 1.165) is 6.42 Å². The Morgan fingerprint density at radius 3 is 2.94 bits per heavy atom. The van der Waals surface area contributed by atoms with E-state index >= 15 is 0 Å². The molecular weight excluding hydrogens is 236 g/mol. The number of hydrogen-bond acceptors (Lipinski definition) is 4. The van der Waals surface area contributed by atoms with Gasteiger partial charge in [-0.05, 0) is 12.5 Å². The summed E-state index contributed by atoms with van der Waals surface area (Å²) in [6.45, 7) is 0.461. The van der Waals surface area contributed by atoms with Crippen LogP contribution in [-0.4, -0.2) is 28.4 Å². The summed E-state index contributed by atoms with van der Waals surface area (Å²) in [7, 11) is 0. The van der Waals surface area contributed by atoms with E-state index in [1.807, 2.05) is 0 Å². The standard InChI is InChI=1S/C12H12N2O4/c15-11-6-5-8-7-18-12(13(8)11)9-3-1-2-4-10(9)14(16)17/h1-4,8,12H,5-7H2/t8-,12+/m0/s1. The lowest BCUT2D eigenvalue weighted by Gasteiger charge is -2.22. The summed E-state index contributed by atoms with van der Waals surface area (Å²) in [4.78, 5) is 24.0. The first-order valence-corrected chi connectivity index (χ1v) is 5.84. The molecular formula is C12H12N2O4. The molecule has 2 atom stereocenters. The Hall–Kier alpha value is -1.95. The van der Waals surface area contributed by atoms with E-state index in [1.54, 1.807) is 23.1 Å². The van der Waals surface area contributed by atoms with Crippen molar-refractivity contribution in [1.82, 2.24) is 4.90 Å². The zero-order valence-corrected chi connectivity index (χ0v) is 9.61. The molecule has 2 aliphatic heterocycles. The average Bonchev–Trinajstić information content (AvgIpc) is 2.93. The highest BCUT2D eigenvalue weighted by molar-refractivity contribution is 5.79. The molecule has 6 heteroatoms. The Kier molecular flexibility index (Phi) is 2.52. The number of ether oxygens (including phenoxy) is 1. The molecule has 0 aromatic heterocycles. The summed E-state index contributed by atoms with van der Waals surface area (Å²) in [5.74, 6) is 0.0145. The Morgan fingerprint density at radius 2 is 2.17 bits per heavy atom. The normalized spacial score (nSPS) is 26.4. The molecule has 0 N–H and O–H groups in total. The van der Waals surface area contributed by atoms with Gasteiger partial charge in [0.1, 0.15) is 0 Å². The molecule has 6 nitrogen and oxygen atoms in total. The largest absolute Gasteiger partial charge is 0.352 e. The monoisotopic (exact) mass is 248 g/mol. The Morgan fingerprint density at radius 1 is 1.39 bits per heavy atom. The number of para-hydroxylation sites is 1. The number of benzene rings is 1. The molecule has 18 heavy (non-hydrogen) atoms. The summed E-state index contributed by atoms with van der Waals surface area (Å²) in [5.41, 5.74) is 0.461. The van der Waals surface area contributed by atoms with Gasteiger partial charge < -0.3 is 9.64 Å². The van der Waals surface area contributed by atoms with Crippen LogP contribution in [0.3, 0.4) is 0 Å². The van der Waals surface area contributed by atoms with Crippen molar-refractivity contribution in [3.8, 4) is 0 Å². The first-order valence-electron chi connectivity index (χ1n) is 5.84. The van der Waals surface area contributed by atoms with Gasteiger partial charge in [0, 0.05) is 12.5 Å². The quantitative estimate of drug-likeness (QED) is 0.588. The van der Waals surface area contributed by atoms with E-state index in [1.165, 1.54) is 6.07 Å². The fourth-order valence-corrected chi connectivity index (χ4v) is 2.63. The summed E-state index contributed by atoms with van der Waals surface area (Å²) < 4.78 is 5.57. The van der Waals surface area contributed by atoms with Crippen molar-refractivity contribution in [2.24, 2.45) is 0 Å². The second-order valence-corrected chi connectivity index (χ2v) is 4.50. The Bertz CT molecular complexity index is 517. The minimum atomic E-state index is -0.605. The molecule has 1 amide bonds. The second kappa shape index (κ2) is 4.06. The maximum Gasteiger partial charge on any atom is 0.277 e. The van der Waals surface area contributed by atoms with Crippen molar-refractivity contribution < 1.29 is 14.5 Å². The number of carbonyl (C=O) groups is 1. The number of nitro benzene ring substituents is 1. The van der Waals surface area contributed by atoms with Crippen LogP contribution >= 0.6 is 0 Å². The fraction of sp³-hybridized carbons (Fsp3) is 0.417. The molecule has 0 aliphatic carbocycles. The zero-order chi connectivity index (χ0) is 12.7. The number of rotatable bonds is 2. The summed E-state index contributed by atoms with van der Waals surface area (Å²) in [6, 6.07) is 6.49. The van der Waals surface area contributed by atoms with Crippen LogP contribution in [0.2, 0.25) is 0 Å². The molecule has 94 valence electrons. The molecule has 0 bridgehead atoms. The van der Waals surface area contributed by atoms with Crippen LogP contribution in [0, 0.1) is 10.1 Å². The van der Waals surface area contributed by atoms with Crippen LogP contribution in [-0.2, 0) is 9.53 Å². The third-order valence-electron chi connectivity index (χ3n) is 3.47. The van der Waals surface area contributed by atoms with Gasteiger partial charge in [-0.2, -0.15) is 0 Å². The van der Waals surface area contributed by atoms with Crippen molar-refractivity contribution in [2.45, 2.75) is 25.1 Å². The Labute approximate surface area is 103 Å². The molecule has 2 aliphatic rings. The molecule has 1 aromatic rings. The van der Waals surface area contributed by atoms with Crippen molar-refractivity contribution in [3.05, 3.63) is 39.9 Å². The second-order valence-electron chi connectivity index (χ2n) is 4.50. The van der Waals surface area contributed by atoms with Gasteiger partial charge in [-0.3, -0.25) is 14.9 Å². The molecule has 0 spiro atoms. The zero-order valence-electron chi connectivity index (χ0n) is 9.61. The maximum absolute atomic E-state index is 11.8. The van der Waals surface area contributed by atoms with Crippen molar-refractivity contribution >= 4 is 11.6 Å². The van der Waals surface area contributed by atoms with Crippen molar-refractivity contribution in [2.75, 3.05) is 6.61 Å². The molecule has 0 saturated carbocycles. The van der Waals surface area contributed by atoms with Gasteiger partial charge in [-0.25, -0.2) is 0 Å². The number of hydrogen-bond donors (Lipinski definition) is 0. The van der Waals surface area contributed by atoms with E-state index in [0.29, 0.717) is 18.6 Å². The van der Waals surface area contributed by atoms with Crippen LogP contribution in [0.25, 0.3) is 0 Å². The van der Waals surface area contributed by atoms with Gasteiger partial charge >= 0.3 is 0 Å². The average molecular weight is 248 g/mol. The van der Waals surface area contributed by atoms with E-state index in [2.05, 4.69) is 0 Å². The van der Waals surface area contributed by atoms with Crippen molar-refractivity contribution in [1.29, 1.82) is 0 Å². The predicted octanol–water partition coefficient (Wildman–Crippen LogP) is 1.61. The summed E-state index contributed by atoms with van der Waals surface area (Å²) >= 11 is 0. The summed E-state index contributed by atoms with van der Waals surface area (Å²) in [6.07, 6.45) is 0.674. The molecule has 1 aromatic carbocycles. The van der Waals surface area contributed by atoms with Gasteiger partial charge in [0.25, 0.3) is 5.69 Å². The molecule has 0 radical (unpaired) electrons. The van der Waals surface area contributed by atoms with Crippen LogP contribution < -0.4 is 0 Å². The molecule has 3 rings (SSSR count). The van der Waals surface area contributed by atoms with Gasteiger partial charge in [-0.15, -0.1) is 0 Å². The lowest BCUT2D eigenvalue weighted by molar-refractivity contribution is -0.386. The van der Waals surface area contributed by atoms with Crippen LogP contribution in [0.15, 0.2) is 24.3 Å². The number of nitro groups is 1. The topological polar surface area (TPSA) is 72.7 Å². The summed E-state index contributed by atoms with van der Waals surface area (Å²) in [5, 5.41) is 11.0. The van der Waals surface area contributed by atoms with Crippen LogP contribution in [0.4, 0.5) is 5.69 Å². The van der Waals surface area contributed by atoms with E-state index < -0.39 is 11.2 Å². The lowest BCUT2D eigenvalue weighted by Crippen LogP contribution is -2.30. The first-order chi connectivity index (χ1) is 8.68. The highest BCUT2D eigenvalue weighted by atomic mass is 16.6. The van der Waals surface area contributed by atoms with Gasteiger partial charge in [0.15, 0.2) is 6.23 Å². The highest BCUT2D eigenvalue weighted by Gasteiger charge is 2.44. The molecule has 2 fully saturated rings. The number of amides is 1. The number of nitrogens with zero attached hydrogens (tertiary/aromatic N) is 2. The third-order valence-corrected chi connectivity index (χ3v) is 3.47. The van der Waals surface area contributed by atoms with Crippen LogP contribution in [0.5, 0.6) is 0 Å². The number of carbonyl (C=O) groups excluding carboxylic acids is 1.